The lowest BCUT2D eigenvalue weighted by Crippen LogP contribution is -2.36. The van der Waals surface area contributed by atoms with Crippen LogP contribution < -0.4 is 5.32 Å². The van der Waals surface area contributed by atoms with E-state index in [0.717, 1.165) is 41.3 Å². The number of carbonyl (C=O) groups excluding carboxylic acids is 1. The zero-order valence-corrected chi connectivity index (χ0v) is 12.2. The molecule has 1 aliphatic carbocycles. The largest absolute Gasteiger partial charge is 0.393 e. The highest BCUT2D eigenvalue weighted by atomic mass is 32.1. The first kappa shape index (κ1) is 13.6. The van der Waals surface area contributed by atoms with Crippen molar-refractivity contribution in [3.05, 3.63) is 35.2 Å². The lowest BCUT2D eigenvalue weighted by Gasteiger charge is -2.27. The molecule has 0 spiro atoms. The monoisotopic (exact) mass is 289 g/mol. The van der Waals surface area contributed by atoms with Crippen LogP contribution in [0.25, 0.3) is 10.1 Å². The Morgan fingerprint density at radius 3 is 2.95 bits per heavy atom. The van der Waals surface area contributed by atoms with Gasteiger partial charge in [0.1, 0.15) is 0 Å². The smallest absolute Gasteiger partial charge is 0.252 e. The van der Waals surface area contributed by atoms with Crippen LogP contribution in [0.1, 0.15) is 36.0 Å². The molecule has 0 saturated heterocycles. The van der Waals surface area contributed by atoms with Crippen molar-refractivity contribution in [2.75, 3.05) is 6.54 Å². The van der Waals surface area contributed by atoms with E-state index < -0.39 is 0 Å². The molecule has 1 heterocycles. The van der Waals surface area contributed by atoms with Gasteiger partial charge in [0.05, 0.1) is 11.7 Å². The Bertz CT molecular complexity index is 607. The summed E-state index contributed by atoms with van der Waals surface area (Å²) in [4.78, 5) is 12.3. The van der Waals surface area contributed by atoms with E-state index in [0.29, 0.717) is 6.54 Å². The Labute approximate surface area is 122 Å². The molecule has 2 unspecified atom stereocenters. The van der Waals surface area contributed by atoms with Crippen molar-refractivity contribution < 1.29 is 9.90 Å². The summed E-state index contributed by atoms with van der Waals surface area (Å²) in [6.45, 7) is 0.574. The van der Waals surface area contributed by atoms with E-state index in [1.807, 2.05) is 29.6 Å². The van der Waals surface area contributed by atoms with Crippen molar-refractivity contribution in [1.82, 2.24) is 5.32 Å². The van der Waals surface area contributed by atoms with Gasteiger partial charge >= 0.3 is 0 Å². The fourth-order valence-corrected chi connectivity index (χ4v) is 3.84. The van der Waals surface area contributed by atoms with Crippen molar-refractivity contribution in [1.29, 1.82) is 0 Å². The van der Waals surface area contributed by atoms with Gasteiger partial charge in [0.25, 0.3) is 5.91 Å². The minimum absolute atomic E-state index is 0.0276. The second-order valence-corrected chi connectivity index (χ2v) is 6.38. The molecule has 1 amide bonds. The lowest BCUT2D eigenvalue weighted by molar-refractivity contribution is 0.0663. The number of nitrogens with one attached hydrogen (secondary N) is 1. The molecule has 3 nitrogen and oxygen atoms in total. The quantitative estimate of drug-likeness (QED) is 0.911. The number of fused-ring (bicyclic) bond motifs is 1. The minimum Gasteiger partial charge on any atom is -0.393 e. The summed E-state index contributed by atoms with van der Waals surface area (Å²) in [6.07, 6.45) is 3.86. The summed E-state index contributed by atoms with van der Waals surface area (Å²) < 4.78 is 1.13. The van der Waals surface area contributed by atoms with Crippen LogP contribution in [0.2, 0.25) is 0 Å². The maximum Gasteiger partial charge on any atom is 0.252 e. The zero-order chi connectivity index (χ0) is 13.9. The molecule has 1 aliphatic rings. The summed E-state index contributed by atoms with van der Waals surface area (Å²) in [5.41, 5.74) is 0.746. The van der Waals surface area contributed by atoms with Gasteiger partial charge in [0.15, 0.2) is 0 Å². The molecule has 2 atom stereocenters. The maximum absolute atomic E-state index is 12.3. The highest BCUT2D eigenvalue weighted by molar-refractivity contribution is 7.17. The Balaban J connectivity index is 1.67. The molecule has 1 aromatic carbocycles. The van der Waals surface area contributed by atoms with Crippen LogP contribution >= 0.6 is 11.3 Å². The number of aliphatic hydroxyl groups is 1. The summed E-state index contributed by atoms with van der Waals surface area (Å²) in [7, 11) is 0. The highest BCUT2D eigenvalue weighted by Crippen LogP contribution is 2.26. The number of hydrogen-bond donors (Lipinski definition) is 2. The molecule has 1 fully saturated rings. The van der Waals surface area contributed by atoms with Crippen LogP contribution in [0.4, 0.5) is 0 Å². The van der Waals surface area contributed by atoms with Crippen molar-refractivity contribution in [3.8, 4) is 0 Å². The van der Waals surface area contributed by atoms with Gasteiger partial charge in [-0.05, 0) is 18.9 Å². The van der Waals surface area contributed by atoms with Crippen LogP contribution in [0, 0.1) is 5.92 Å². The van der Waals surface area contributed by atoms with Gasteiger partial charge in [-0.25, -0.2) is 0 Å². The number of hydrogen-bond acceptors (Lipinski definition) is 3. The number of carbonyl (C=O) groups is 1. The van der Waals surface area contributed by atoms with Crippen molar-refractivity contribution in [2.45, 2.75) is 31.8 Å². The summed E-state index contributed by atoms with van der Waals surface area (Å²) in [6, 6.07) is 7.95. The molecule has 20 heavy (non-hydrogen) atoms. The van der Waals surface area contributed by atoms with Gasteiger partial charge < -0.3 is 10.4 Å². The predicted molar refractivity (Wildman–Crippen MR) is 82.1 cm³/mol. The highest BCUT2D eigenvalue weighted by Gasteiger charge is 2.23. The van der Waals surface area contributed by atoms with Crippen LogP contribution in [0.3, 0.4) is 0 Å². The Kier molecular flexibility index (Phi) is 4.03. The number of benzene rings is 1. The molecular weight excluding hydrogens is 270 g/mol. The first-order valence-corrected chi connectivity index (χ1v) is 8.06. The SMILES string of the molecule is O=C(NCC1CCCCC1O)c1csc2ccccc12. The Morgan fingerprint density at radius 2 is 2.10 bits per heavy atom. The number of rotatable bonds is 3. The first-order valence-electron chi connectivity index (χ1n) is 7.18. The van der Waals surface area contributed by atoms with Crippen molar-refractivity contribution in [3.63, 3.8) is 0 Å². The standard InChI is InChI=1S/C16H19NO2S/c18-14-7-3-1-5-11(14)9-17-16(19)13-10-20-15-8-4-2-6-12(13)15/h2,4,6,8,10-11,14,18H,1,3,5,7,9H2,(H,17,19). The Hall–Kier alpha value is -1.39. The van der Waals surface area contributed by atoms with E-state index in [4.69, 9.17) is 0 Å². The molecule has 0 aliphatic heterocycles. The van der Waals surface area contributed by atoms with Crippen LogP contribution in [0.15, 0.2) is 29.6 Å². The second kappa shape index (κ2) is 5.94. The Morgan fingerprint density at radius 1 is 1.30 bits per heavy atom. The average Bonchev–Trinajstić information content (AvgIpc) is 2.90. The number of aliphatic hydroxyl groups excluding tert-OH is 1. The van der Waals surface area contributed by atoms with E-state index in [1.54, 1.807) is 11.3 Å². The molecule has 1 aromatic heterocycles. The minimum atomic E-state index is -0.261. The van der Waals surface area contributed by atoms with Crippen molar-refractivity contribution in [2.24, 2.45) is 5.92 Å². The third-order valence-electron chi connectivity index (χ3n) is 4.12. The second-order valence-electron chi connectivity index (χ2n) is 5.47. The molecule has 0 bridgehead atoms. The van der Waals surface area contributed by atoms with E-state index in [9.17, 15) is 9.90 Å². The van der Waals surface area contributed by atoms with Crippen LogP contribution in [0.5, 0.6) is 0 Å². The maximum atomic E-state index is 12.3. The van der Waals surface area contributed by atoms with Crippen LogP contribution in [-0.2, 0) is 0 Å². The lowest BCUT2D eigenvalue weighted by atomic mass is 9.86. The van der Waals surface area contributed by atoms with E-state index in [2.05, 4.69) is 5.32 Å². The molecule has 1 saturated carbocycles. The molecule has 4 heteroatoms. The predicted octanol–water partition coefficient (Wildman–Crippen LogP) is 3.18. The van der Waals surface area contributed by atoms with E-state index >= 15 is 0 Å². The molecule has 3 rings (SSSR count). The summed E-state index contributed by atoms with van der Waals surface area (Å²) in [5.74, 6) is 0.179. The van der Waals surface area contributed by atoms with Gasteiger partial charge in [-0.2, -0.15) is 0 Å². The van der Waals surface area contributed by atoms with Gasteiger partial charge in [-0.15, -0.1) is 11.3 Å². The van der Waals surface area contributed by atoms with Gasteiger partial charge in [0, 0.05) is 27.9 Å². The van der Waals surface area contributed by atoms with Gasteiger partial charge in [0.2, 0.25) is 0 Å². The van der Waals surface area contributed by atoms with Gasteiger partial charge in [-0.3, -0.25) is 4.79 Å². The number of thiophene rings is 1. The van der Waals surface area contributed by atoms with E-state index in [1.165, 1.54) is 0 Å². The fraction of sp³-hybridized carbons (Fsp3) is 0.438. The molecule has 2 aromatic rings. The zero-order valence-electron chi connectivity index (χ0n) is 11.3. The normalized spacial score (nSPS) is 22.9. The summed E-state index contributed by atoms with van der Waals surface area (Å²) >= 11 is 1.59. The number of amides is 1. The topological polar surface area (TPSA) is 49.3 Å². The fourth-order valence-electron chi connectivity index (χ4n) is 2.90. The summed E-state index contributed by atoms with van der Waals surface area (Å²) in [5, 5.41) is 15.8. The average molecular weight is 289 g/mol. The van der Waals surface area contributed by atoms with Crippen LogP contribution in [-0.4, -0.2) is 23.7 Å². The molecule has 0 radical (unpaired) electrons. The molecular formula is C16H19NO2S. The molecule has 2 N–H and O–H groups in total. The molecule has 106 valence electrons. The third-order valence-corrected chi connectivity index (χ3v) is 5.08. The first-order chi connectivity index (χ1) is 9.75. The van der Waals surface area contributed by atoms with Gasteiger partial charge in [-0.1, -0.05) is 31.0 Å². The van der Waals surface area contributed by atoms with E-state index in [-0.39, 0.29) is 17.9 Å². The van der Waals surface area contributed by atoms with Crippen molar-refractivity contribution >= 4 is 27.3 Å². The third kappa shape index (κ3) is 2.72.